The molecule has 0 amide bonds. The van der Waals surface area contributed by atoms with Crippen LogP contribution >= 0.6 is 0 Å². The maximum absolute atomic E-state index is 12.8. The second-order valence-electron chi connectivity index (χ2n) is 19.5. The van der Waals surface area contributed by atoms with Gasteiger partial charge in [-0.2, -0.15) is 0 Å². The summed E-state index contributed by atoms with van der Waals surface area (Å²) in [6.45, 7) is 6.51. The number of esters is 3. The van der Waals surface area contributed by atoms with Gasteiger partial charge in [-0.15, -0.1) is 0 Å². The molecule has 0 aliphatic heterocycles. The molecule has 0 aromatic rings. The number of carbonyl (C=O) groups is 3. The van der Waals surface area contributed by atoms with Crippen molar-refractivity contribution in [2.75, 3.05) is 13.2 Å². The second kappa shape index (κ2) is 56.0. The number of rotatable bonds is 53. The molecular weight excluding hydrogens is 829 g/mol. The smallest absolute Gasteiger partial charge is 0.306 e. The van der Waals surface area contributed by atoms with Crippen LogP contribution in [-0.2, 0) is 28.6 Å². The fraction of sp³-hybridized carbons (Fsp3) is 0.820. The average Bonchev–Trinajstić information content (AvgIpc) is 3.33. The van der Waals surface area contributed by atoms with Crippen molar-refractivity contribution in [3.05, 3.63) is 48.6 Å². The van der Waals surface area contributed by atoms with E-state index in [4.69, 9.17) is 14.2 Å². The van der Waals surface area contributed by atoms with Crippen molar-refractivity contribution in [2.24, 2.45) is 0 Å². The van der Waals surface area contributed by atoms with Gasteiger partial charge in [0, 0.05) is 19.3 Å². The van der Waals surface area contributed by atoms with Crippen molar-refractivity contribution in [3.8, 4) is 0 Å². The summed E-state index contributed by atoms with van der Waals surface area (Å²) in [5, 5.41) is 0. The minimum absolute atomic E-state index is 0.0859. The highest BCUT2D eigenvalue weighted by atomic mass is 16.6. The summed E-state index contributed by atoms with van der Waals surface area (Å²) < 4.78 is 16.8. The topological polar surface area (TPSA) is 78.9 Å². The highest BCUT2D eigenvalue weighted by molar-refractivity contribution is 5.71. The van der Waals surface area contributed by atoms with E-state index in [-0.39, 0.29) is 37.5 Å². The first kappa shape index (κ1) is 64.4. The number of unbranched alkanes of at least 4 members (excludes halogenated alkanes) is 34. The van der Waals surface area contributed by atoms with Gasteiger partial charge in [0.15, 0.2) is 6.10 Å². The lowest BCUT2D eigenvalue weighted by Crippen LogP contribution is -2.30. The first-order valence-corrected chi connectivity index (χ1v) is 29.1. The molecule has 0 aliphatic rings. The van der Waals surface area contributed by atoms with E-state index < -0.39 is 6.10 Å². The Labute approximate surface area is 416 Å². The fourth-order valence-electron chi connectivity index (χ4n) is 8.49. The highest BCUT2D eigenvalue weighted by Gasteiger charge is 2.19. The second-order valence-corrected chi connectivity index (χ2v) is 19.5. The van der Waals surface area contributed by atoms with Crippen LogP contribution in [0.3, 0.4) is 0 Å². The lowest BCUT2D eigenvalue weighted by molar-refractivity contribution is -0.167. The number of hydrogen-bond donors (Lipinski definition) is 0. The third-order valence-corrected chi connectivity index (χ3v) is 12.8. The molecule has 67 heavy (non-hydrogen) atoms. The van der Waals surface area contributed by atoms with Gasteiger partial charge in [-0.3, -0.25) is 14.4 Å². The minimum Gasteiger partial charge on any atom is -0.462 e. The SMILES string of the molecule is CC/C=C\C/C=C\C/C=C\C/C=C\CCCCC(=O)OC(COC(=O)CCCCCCCCCCCC)COC(=O)CCCCCCCCCCCCCCCCCCCCCCCCCC. The summed E-state index contributed by atoms with van der Waals surface area (Å²) in [4.78, 5) is 38.0. The summed E-state index contributed by atoms with van der Waals surface area (Å²) in [6, 6.07) is 0. The van der Waals surface area contributed by atoms with Crippen molar-refractivity contribution < 1.29 is 28.6 Å². The van der Waals surface area contributed by atoms with Crippen LogP contribution in [0.4, 0.5) is 0 Å². The zero-order valence-electron chi connectivity index (χ0n) is 44.7. The van der Waals surface area contributed by atoms with Gasteiger partial charge in [0.1, 0.15) is 13.2 Å². The van der Waals surface area contributed by atoms with Crippen molar-refractivity contribution in [1.82, 2.24) is 0 Å². The van der Waals surface area contributed by atoms with Gasteiger partial charge in [0.05, 0.1) is 0 Å². The number of hydrogen-bond acceptors (Lipinski definition) is 6. The Balaban J connectivity index is 4.23. The maximum atomic E-state index is 12.8. The van der Waals surface area contributed by atoms with E-state index in [9.17, 15) is 14.4 Å². The Morgan fingerprint density at radius 1 is 0.313 bits per heavy atom. The van der Waals surface area contributed by atoms with Crippen LogP contribution in [0.5, 0.6) is 0 Å². The molecule has 0 aromatic carbocycles. The van der Waals surface area contributed by atoms with E-state index in [0.29, 0.717) is 19.3 Å². The summed E-state index contributed by atoms with van der Waals surface area (Å²) in [7, 11) is 0. The lowest BCUT2D eigenvalue weighted by Gasteiger charge is -2.18. The van der Waals surface area contributed by atoms with Gasteiger partial charge in [-0.25, -0.2) is 0 Å². The van der Waals surface area contributed by atoms with Crippen molar-refractivity contribution in [1.29, 1.82) is 0 Å². The van der Waals surface area contributed by atoms with Gasteiger partial charge in [-0.1, -0.05) is 275 Å². The normalized spacial score (nSPS) is 12.3. The van der Waals surface area contributed by atoms with Crippen LogP contribution < -0.4 is 0 Å². The third-order valence-electron chi connectivity index (χ3n) is 12.8. The third kappa shape index (κ3) is 54.2. The molecular formula is C61H110O6. The van der Waals surface area contributed by atoms with Crippen molar-refractivity contribution >= 4 is 17.9 Å². The van der Waals surface area contributed by atoms with Gasteiger partial charge in [-0.05, 0) is 57.8 Å². The Hall–Kier alpha value is -2.63. The van der Waals surface area contributed by atoms with E-state index in [1.165, 1.54) is 180 Å². The molecule has 0 aliphatic carbocycles. The van der Waals surface area contributed by atoms with E-state index in [2.05, 4.69) is 69.4 Å². The molecule has 0 fully saturated rings. The van der Waals surface area contributed by atoms with E-state index in [1.807, 2.05) is 0 Å². The molecule has 0 N–H and O–H groups in total. The average molecular weight is 940 g/mol. The molecule has 0 spiro atoms. The molecule has 6 heteroatoms. The van der Waals surface area contributed by atoms with Gasteiger partial charge in [0.2, 0.25) is 0 Å². The first-order chi connectivity index (χ1) is 33.0. The molecule has 1 unspecified atom stereocenters. The Morgan fingerprint density at radius 3 is 0.910 bits per heavy atom. The number of allylic oxidation sites excluding steroid dienone is 8. The molecule has 0 rings (SSSR count). The molecule has 6 nitrogen and oxygen atoms in total. The van der Waals surface area contributed by atoms with E-state index in [0.717, 1.165) is 77.0 Å². The van der Waals surface area contributed by atoms with Crippen LogP contribution in [0.15, 0.2) is 48.6 Å². The zero-order valence-corrected chi connectivity index (χ0v) is 44.7. The number of carbonyl (C=O) groups excluding carboxylic acids is 3. The fourth-order valence-corrected chi connectivity index (χ4v) is 8.49. The van der Waals surface area contributed by atoms with Gasteiger partial charge >= 0.3 is 17.9 Å². The Morgan fingerprint density at radius 2 is 0.582 bits per heavy atom. The first-order valence-electron chi connectivity index (χ1n) is 29.1. The standard InChI is InChI=1S/C61H110O6/c1-4-7-10-13-16-19-22-24-26-27-28-29-30-31-32-33-34-36-37-39-42-45-48-51-54-60(63)66-57-58(56-65-59(62)53-50-47-44-41-21-18-15-12-9-6-3)67-61(64)55-52-49-46-43-40-38-35-25-23-20-17-14-11-8-5-2/h8,11,17,20,25,35,40,43,58H,4-7,9-10,12-16,18-19,21-24,26-34,36-39,41-42,44-57H2,1-3H3/b11-8-,20-17-,35-25-,43-40-. The molecule has 0 bridgehead atoms. The van der Waals surface area contributed by atoms with Crippen molar-refractivity contribution in [3.63, 3.8) is 0 Å². The molecule has 0 saturated carbocycles. The van der Waals surface area contributed by atoms with Crippen LogP contribution in [0.2, 0.25) is 0 Å². The zero-order chi connectivity index (χ0) is 48.6. The predicted octanol–water partition coefficient (Wildman–Crippen LogP) is 19.4. The van der Waals surface area contributed by atoms with Crippen LogP contribution in [0.25, 0.3) is 0 Å². The Bertz CT molecular complexity index is 1170. The number of ether oxygens (including phenoxy) is 3. The monoisotopic (exact) mass is 939 g/mol. The molecule has 0 aromatic heterocycles. The van der Waals surface area contributed by atoms with Crippen LogP contribution in [0, 0.1) is 0 Å². The van der Waals surface area contributed by atoms with Gasteiger partial charge < -0.3 is 14.2 Å². The predicted molar refractivity (Wildman–Crippen MR) is 289 cm³/mol. The molecule has 0 heterocycles. The Kier molecular flexibility index (Phi) is 53.8. The summed E-state index contributed by atoms with van der Waals surface area (Å²) >= 11 is 0. The summed E-state index contributed by atoms with van der Waals surface area (Å²) in [6.07, 6.45) is 68.4. The maximum Gasteiger partial charge on any atom is 0.306 e. The van der Waals surface area contributed by atoms with Crippen molar-refractivity contribution in [2.45, 2.75) is 309 Å². The van der Waals surface area contributed by atoms with Crippen LogP contribution in [0.1, 0.15) is 303 Å². The minimum atomic E-state index is -0.790. The largest absolute Gasteiger partial charge is 0.462 e. The molecule has 1 atom stereocenters. The lowest BCUT2D eigenvalue weighted by atomic mass is 10.0. The van der Waals surface area contributed by atoms with Gasteiger partial charge in [0.25, 0.3) is 0 Å². The molecule has 0 radical (unpaired) electrons. The highest BCUT2D eigenvalue weighted by Crippen LogP contribution is 2.17. The van der Waals surface area contributed by atoms with E-state index >= 15 is 0 Å². The molecule has 390 valence electrons. The summed E-state index contributed by atoms with van der Waals surface area (Å²) in [5.74, 6) is -0.915. The summed E-state index contributed by atoms with van der Waals surface area (Å²) in [5.41, 5.74) is 0. The van der Waals surface area contributed by atoms with Crippen LogP contribution in [-0.4, -0.2) is 37.2 Å². The quantitative estimate of drug-likeness (QED) is 0.0262. The van der Waals surface area contributed by atoms with E-state index in [1.54, 1.807) is 0 Å². The molecule has 0 saturated heterocycles.